The number of ether oxygens (including phenoxy) is 1. The molecule has 1 atom stereocenters. The highest BCUT2D eigenvalue weighted by Crippen LogP contribution is 2.64. The number of hydrogen-bond donors (Lipinski definition) is 0. The summed E-state index contributed by atoms with van der Waals surface area (Å²) >= 11 is 0. The minimum Gasteiger partial charge on any atom is -0.378 e. The van der Waals surface area contributed by atoms with Gasteiger partial charge in [-0.1, -0.05) is 105 Å². The zero-order chi connectivity index (χ0) is 41.6. The van der Waals surface area contributed by atoms with Crippen LogP contribution in [-0.4, -0.2) is 60.3 Å². The maximum atomic E-state index is 14.5. The molecule has 0 aliphatic rings. The molecule has 0 radical (unpaired) electrons. The van der Waals surface area contributed by atoms with Gasteiger partial charge in [0.2, 0.25) is 0 Å². The summed E-state index contributed by atoms with van der Waals surface area (Å²) in [5.74, 6) is -56.1. The minimum atomic E-state index is -8.61. The first-order valence-electron chi connectivity index (χ1n) is 18.4. The second-order valence-corrected chi connectivity index (χ2v) is 14.2. The molecule has 0 spiro atoms. The molecule has 0 aromatic heterocycles. The Morgan fingerprint density at radius 1 is 0.358 bits per heavy atom. The summed E-state index contributed by atoms with van der Waals surface area (Å²) in [6, 6.07) is 0. The predicted molar refractivity (Wildman–Crippen MR) is 168 cm³/mol. The van der Waals surface area contributed by atoms with Crippen molar-refractivity contribution in [1.82, 2.24) is 0 Å². The molecule has 1 nitrogen and oxygen atoms in total. The zero-order valence-electron chi connectivity index (χ0n) is 30.8. The zero-order valence-corrected chi connectivity index (χ0v) is 30.8. The molecule has 1 unspecified atom stereocenters. The second kappa shape index (κ2) is 20.8. The van der Waals surface area contributed by atoms with Crippen LogP contribution >= 0.6 is 0 Å². The third-order valence-electron chi connectivity index (χ3n) is 9.79. The number of alkyl halides is 17. The van der Waals surface area contributed by atoms with E-state index in [1.807, 2.05) is 0 Å². The predicted octanol–water partition coefficient (Wildman–Crippen LogP) is 15.2. The van der Waals surface area contributed by atoms with E-state index in [-0.39, 0.29) is 25.9 Å². The molecule has 0 rings (SSSR count). The Hall–Kier alpha value is -1.23. The van der Waals surface area contributed by atoms with E-state index in [0.29, 0.717) is 18.3 Å². The summed E-state index contributed by atoms with van der Waals surface area (Å²) in [6.45, 7) is 7.87. The molecule has 53 heavy (non-hydrogen) atoms. The Kier molecular flexibility index (Phi) is 20.3. The summed E-state index contributed by atoms with van der Waals surface area (Å²) in [5, 5.41) is 0. The molecule has 0 fully saturated rings. The smallest absolute Gasteiger partial charge is 0.378 e. The van der Waals surface area contributed by atoms with E-state index < -0.39 is 66.6 Å². The van der Waals surface area contributed by atoms with Crippen LogP contribution in [0.15, 0.2) is 0 Å². The Morgan fingerprint density at radius 3 is 1.11 bits per heavy atom. The van der Waals surface area contributed by atoms with Crippen LogP contribution in [0.3, 0.4) is 0 Å². The second-order valence-electron chi connectivity index (χ2n) is 14.2. The van der Waals surface area contributed by atoms with Crippen LogP contribution in [0, 0.1) is 5.41 Å². The van der Waals surface area contributed by atoms with Crippen LogP contribution in [0.25, 0.3) is 0 Å². The van der Waals surface area contributed by atoms with Gasteiger partial charge in [-0.25, -0.2) is 0 Å². The van der Waals surface area contributed by atoms with Gasteiger partial charge < -0.3 is 4.74 Å². The normalized spacial score (nSPS) is 15.3. The maximum absolute atomic E-state index is 14.5. The lowest BCUT2D eigenvalue weighted by Crippen LogP contribution is -2.74. The largest absolute Gasteiger partial charge is 0.460 e. The van der Waals surface area contributed by atoms with Crippen LogP contribution in [0.1, 0.15) is 156 Å². The lowest BCUT2D eigenvalue weighted by Gasteiger charge is -2.43. The molecule has 0 aromatic rings. The highest BCUT2D eigenvalue weighted by molar-refractivity contribution is 5.15. The van der Waals surface area contributed by atoms with Crippen molar-refractivity contribution in [3.05, 3.63) is 0 Å². The SMILES string of the molecule is CCCCC(CCCC)(CCCC)CCCCCCCCC(CCC(F)(F)C(F)(F)C(F)(F)C(F)(F)C(F)(F)C(F)(F)C(F)(F)C(F)(F)F)OCCC. The Bertz CT molecular complexity index is 989. The summed E-state index contributed by atoms with van der Waals surface area (Å²) in [7, 11) is 0. The summed E-state index contributed by atoms with van der Waals surface area (Å²) in [5.41, 5.74) is 0.290. The quantitative estimate of drug-likeness (QED) is 0.0518. The first kappa shape index (κ1) is 51.8. The Labute approximate surface area is 301 Å². The minimum absolute atomic E-state index is 0.0980. The first-order valence-corrected chi connectivity index (χ1v) is 18.4. The van der Waals surface area contributed by atoms with E-state index in [1.165, 1.54) is 0 Å². The van der Waals surface area contributed by atoms with E-state index in [4.69, 9.17) is 4.74 Å². The molecule has 18 heteroatoms. The third-order valence-corrected chi connectivity index (χ3v) is 9.79. The van der Waals surface area contributed by atoms with Crippen molar-refractivity contribution >= 4 is 0 Å². The molecule has 0 aliphatic heterocycles. The summed E-state index contributed by atoms with van der Waals surface area (Å²) in [4.78, 5) is 0. The number of hydrogen-bond acceptors (Lipinski definition) is 1. The third kappa shape index (κ3) is 12.4. The van der Waals surface area contributed by atoms with Crippen LogP contribution < -0.4 is 0 Å². The van der Waals surface area contributed by atoms with Crippen molar-refractivity contribution in [2.45, 2.75) is 210 Å². The van der Waals surface area contributed by atoms with Crippen molar-refractivity contribution in [2.24, 2.45) is 5.41 Å². The average molecular weight is 815 g/mol. The van der Waals surface area contributed by atoms with Crippen molar-refractivity contribution in [3.63, 3.8) is 0 Å². The number of rotatable bonds is 30. The molecular weight excluding hydrogens is 759 g/mol. The number of unbranched alkanes of at least 4 members (excludes halogenated alkanes) is 8. The van der Waals surface area contributed by atoms with Gasteiger partial charge in [0.1, 0.15) is 0 Å². The molecule has 0 aliphatic carbocycles. The van der Waals surface area contributed by atoms with E-state index in [1.54, 1.807) is 6.92 Å². The van der Waals surface area contributed by atoms with Gasteiger partial charge in [-0.3, -0.25) is 0 Å². The number of halogens is 17. The fourth-order valence-electron chi connectivity index (χ4n) is 6.28. The van der Waals surface area contributed by atoms with Gasteiger partial charge in [0.05, 0.1) is 6.10 Å². The maximum Gasteiger partial charge on any atom is 0.460 e. The molecule has 0 amide bonds. The molecule has 0 N–H and O–H groups in total. The molecule has 0 saturated carbocycles. The molecule has 0 heterocycles. The van der Waals surface area contributed by atoms with Crippen molar-refractivity contribution in [3.8, 4) is 0 Å². The summed E-state index contributed by atoms with van der Waals surface area (Å²) < 4.78 is 237. The molecule has 0 bridgehead atoms. The molecule has 0 saturated heterocycles. The monoisotopic (exact) mass is 814 g/mol. The van der Waals surface area contributed by atoms with Gasteiger partial charge >= 0.3 is 47.6 Å². The van der Waals surface area contributed by atoms with Crippen LogP contribution in [-0.2, 0) is 4.74 Å². The highest BCUT2D eigenvalue weighted by Gasteiger charge is 2.95. The van der Waals surface area contributed by atoms with Gasteiger partial charge in [-0.15, -0.1) is 0 Å². The van der Waals surface area contributed by atoms with Crippen LogP contribution in [0.5, 0.6) is 0 Å². The van der Waals surface area contributed by atoms with Gasteiger partial charge in [-0.05, 0) is 50.4 Å². The lowest BCUT2D eigenvalue weighted by molar-refractivity contribution is -0.461. The fourth-order valence-corrected chi connectivity index (χ4v) is 6.28. The van der Waals surface area contributed by atoms with Gasteiger partial charge in [0.25, 0.3) is 0 Å². The highest BCUT2D eigenvalue weighted by atomic mass is 19.4. The van der Waals surface area contributed by atoms with E-state index in [0.717, 1.165) is 83.5 Å². The topological polar surface area (TPSA) is 9.23 Å². The van der Waals surface area contributed by atoms with E-state index in [9.17, 15) is 74.6 Å². The fraction of sp³-hybridized carbons (Fsp3) is 1.00. The van der Waals surface area contributed by atoms with E-state index in [2.05, 4.69) is 20.8 Å². The van der Waals surface area contributed by atoms with Crippen molar-refractivity contribution in [2.75, 3.05) is 6.61 Å². The van der Waals surface area contributed by atoms with E-state index >= 15 is 0 Å². The first-order chi connectivity index (χ1) is 24.1. The van der Waals surface area contributed by atoms with Crippen LogP contribution in [0.2, 0.25) is 0 Å². The summed E-state index contributed by atoms with van der Waals surface area (Å²) in [6.07, 6.45) is 2.89. The molecule has 320 valence electrons. The van der Waals surface area contributed by atoms with Gasteiger partial charge in [0, 0.05) is 13.0 Å². The van der Waals surface area contributed by atoms with Crippen molar-refractivity contribution in [1.29, 1.82) is 0 Å². The van der Waals surface area contributed by atoms with Crippen molar-refractivity contribution < 1.29 is 79.4 Å². The molecule has 0 aromatic carbocycles. The lowest BCUT2D eigenvalue weighted by atomic mass is 9.71. The standard InChI is InChI=1S/C35H55F17O/c1-5-9-20-27(21-10-6-2,22-11-7-3)23-17-15-13-12-14-16-18-26(53-25-8-4)19-24-28(36,37)29(38,39)30(40,41)31(42,43)32(44,45)33(46,47)34(48,49)35(50,51)52/h26H,5-25H2,1-4H3. The molecular formula is C35H55F17O. The van der Waals surface area contributed by atoms with Crippen LogP contribution in [0.4, 0.5) is 74.6 Å². The van der Waals surface area contributed by atoms with Gasteiger partial charge in [0.15, 0.2) is 0 Å². The Morgan fingerprint density at radius 2 is 0.717 bits per heavy atom. The Balaban J connectivity index is 5.55. The van der Waals surface area contributed by atoms with Gasteiger partial charge in [-0.2, -0.15) is 74.6 Å². The average Bonchev–Trinajstić information content (AvgIpc) is 3.05.